The van der Waals surface area contributed by atoms with Crippen LogP contribution in [0.15, 0.2) is 48.5 Å². The van der Waals surface area contributed by atoms with Gasteiger partial charge in [0.2, 0.25) is 0 Å². The van der Waals surface area contributed by atoms with Gasteiger partial charge in [-0.1, -0.05) is 76.2 Å². The lowest BCUT2D eigenvalue weighted by Gasteiger charge is -2.27. The highest BCUT2D eigenvalue weighted by Crippen LogP contribution is 2.38. The van der Waals surface area contributed by atoms with E-state index in [1.54, 1.807) is 0 Å². The fourth-order valence-corrected chi connectivity index (χ4v) is 3.85. The smallest absolute Gasteiger partial charge is 0.147 e. The number of benzene rings is 2. The molecule has 124 valence electrons. The van der Waals surface area contributed by atoms with Gasteiger partial charge in [-0.05, 0) is 46.9 Å². The highest BCUT2D eigenvalue weighted by Gasteiger charge is 2.23. The van der Waals surface area contributed by atoms with Gasteiger partial charge in [0.25, 0.3) is 0 Å². The van der Waals surface area contributed by atoms with E-state index in [1.807, 2.05) is 0 Å². The van der Waals surface area contributed by atoms with Gasteiger partial charge in [0.15, 0.2) is 0 Å². The van der Waals surface area contributed by atoms with Crippen molar-refractivity contribution < 1.29 is 4.43 Å². The van der Waals surface area contributed by atoms with Crippen LogP contribution in [0.5, 0.6) is 0 Å². The van der Waals surface area contributed by atoms with E-state index in [2.05, 4.69) is 76.2 Å². The molecular weight excluding hydrogens is 296 g/mol. The van der Waals surface area contributed by atoms with E-state index in [1.165, 1.54) is 28.7 Å². The fraction of sp³-hybridized carbons (Fsp3) is 0.429. The first-order valence-electron chi connectivity index (χ1n) is 8.84. The van der Waals surface area contributed by atoms with E-state index in [-0.39, 0.29) is 6.10 Å². The van der Waals surface area contributed by atoms with Gasteiger partial charge < -0.3 is 4.43 Å². The third-order valence-electron chi connectivity index (χ3n) is 5.04. The van der Waals surface area contributed by atoms with Crippen LogP contribution in [0, 0.1) is 0 Å². The van der Waals surface area contributed by atoms with Crippen LogP contribution in [0.4, 0.5) is 0 Å². The maximum atomic E-state index is 6.07. The van der Waals surface area contributed by atoms with E-state index >= 15 is 0 Å². The molecular formula is C21H30OSi. The molecule has 1 nitrogen and oxygen atoms in total. The van der Waals surface area contributed by atoms with Gasteiger partial charge in [0, 0.05) is 0 Å². The summed E-state index contributed by atoms with van der Waals surface area (Å²) in [5.74, 6) is 1.14. The van der Waals surface area contributed by atoms with Gasteiger partial charge >= 0.3 is 0 Å². The van der Waals surface area contributed by atoms with E-state index in [4.69, 9.17) is 4.43 Å². The Bertz CT molecular complexity index is 608. The second-order valence-corrected chi connectivity index (χ2v) is 6.97. The standard InChI is InChI=1S/C21H30OSi/c1-5-15(3)18-13-10-14-19(20(18)16(4)6-2)21(22-23)17-11-8-7-9-12-17/h7-16,21H,5-6H2,1-4,23H3. The third kappa shape index (κ3) is 3.93. The van der Waals surface area contributed by atoms with Crippen LogP contribution >= 0.6 is 0 Å². The molecule has 2 rings (SSSR count). The predicted molar refractivity (Wildman–Crippen MR) is 103 cm³/mol. The molecule has 0 bridgehead atoms. The monoisotopic (exact) mass is 326 g/mol. The second kappa shape index (κ2) is 8.46. The summed E-state index contributed by atoms with van der Waals surface area (Å²) in [7, 11) is 0.732. The van der Waals surface area contributed by atoms with Crippen molar-refractivity contribution in [2.24, 2.45) is 0 Å². The molecule has 0 fully saturated rings. The van der Waals surface area contributed by atoms with Crippen LogP contribution in [0.2, 0.25) is 0 Å². The zero-order chi connectivity index (χ0) is 16.8. The van der Waals surface area contributed by atoms with Crippen LogP contribution in [0.3, 0.4) is 0 Å². The summed E-state index contributed by atoms with van der Waals surface area (Å²) < 4.78 is 6.07. The van der Waals surface area contributed by atoms with E-state index in [0.717, 1.165) is 16.9 Å². The largest absolute Gasteiger partial charge is 0.417 e. The summed E-state index contributed by atoms with van der Waals surface area (Å²) in [6.07, 6.45) is 2.39. The molecule has 0 aliphatic heterocycles. The maximum absolute atomic E-state index is 6.07. The topological polar surface area (TPSA) is 9.23 Å². The van der Waals surface area contributed by atoms with Crippen molar-refractivity contribution in [1.29, 1.82) is 0 Å². The molecule has 0 aliphatic carbocycles. The molecule has 0 saturated heterocycles. The highest BCUT2D eigenvalue weighted by atomic mass is 28.2. The first-order chi connectivity index (χ1) is 11.1. The molecule has 0 aliphatic rings. The summed E-state index contributed by atoms with van der Waals surface area (Å²) in [5, 5.41) is 0. The summed E-state index contributed by atoms with van der Waals surface area (Å²) in [6.45, 7) is 9.24. The van der Waals surface area contributed by atoms with Crippen molar-refractivity contribution in [1.82, 2.24) is 0 Å². The van der Waals surface area contributed by atoms with Crippen molar-refractivity contribution >= 4 is 10.5 Å². The minimum Gasteiger partial charge on any atom is -0.417 e. The van der Waals surface area contributed by atoms with Gasteiger partial charge in [-0.25, -0.2) is 0 Å². The van der Waals surface area contributed by atoms with Crippen molar-refractivity contribution in [3.63, 3.8) is 0 Å². The molecule has 0 N–H and O–H groups in total. The first-order valence-corrected chi connectivity index (χ1v) is 9.66. The molecule has 23 heavy (non-hydrogen) atoms. The van der Waals surface area contributed by atoms with Gasteiger partial charge in [0.1, 0.15) is 10.5 Å². The lowest BCUT2D eigenvalue weighted by atomic mass is 9.81. The normalized spacial score (nSPS) is 15.3. The Labute approximate surface area is 144 Å². The SMILES string of the molecule is CCC(C)c1cccc(C(O[SiH3])c2ccccc2)c1C(C)CC. The molecule has 2 aromatic rings. The number of rotatable bonds is 7. The van der Waals surface area contributed by atoms with Gasteiger partial charge in [-0.15, -0.1) is 0 Å². The van der Waals surface area contributed by atoms with Crippen LogP contribution in [-0.2, 0) is 4.43 Å². The Morgan fingerprint density at radius 2 is 1.43 bits per heavy atom. The molecule has 3 atom stereocenters. The molecule has 0 spiro atoms. The lowest BCUT2D eigenvalue weighted by molar-refractivity contribution is 0.270. The zero-order valence-corrected chi connectivity index (χ0v) is 17.2. The average molecular weight is 327 g/mol. The van der Waals surface area contributed by atoms with Crippen molar-refractivity contribution in [2.75, 3.05) is 0 Å². The molecule has 0 saturated carbocycles. The summed E-state index contributed by atoms with van der Waals surface area (Å²) in [5.41, 5.74) is 5.62. The molecule has 2 aromatic carbocycles. The Balaban J connectivity index is 2.60. The molecule has 0 amide bonds. The molecule has 3 unspecified atom stereocenters. The van der Waals surface area contributed by atoms with E-state index in [9.17, 15) is 0 Å². The van der Waals surface area contributed by atoms with Gasteiger partial charge in [-0.3, -0.25) is 0 Å². The average Bonchev–Trinajstić information content (AvgIpc) is 2.61. The molecule has 0 aromatic heterocycles. The third-order valence-corrected chi connectivity index (χ3v) is 5.51. The maximum Gasteiger partial charge on any atom is 0.147 e. The van der Waals surface area contributed by atoms with Gasteiger partial charge in [0.05, 0.1) is 6.10 Å². The molecule has 2 heteroatoms. The Morgan fingerprint density at radius 1 is 0.826 bits per heavy atom. The first kappa shape index (κ1) is 18.0. The quantitative estimate of drug-likeness (QED) is 0.643. The predicted octanol–water partition coefficient (Wildman–Crippen LogP) is 5.10. The Kier molecular flexibility index (Phi) is 6.61. The zero-order valence-electron chi connectivity index (χ0n) is 15.2. The van der Waals surface area contributed by atoms with E-state index < -0.39 is 0 Å². The van der Waals surface area contributed by atoms with Crippen LogP contribution in [0.25, 0.3) is 0 Å². The minimum absolute atomic E-state index is 0.0656. The van der Waals surface area contributed by atoms with Crippen molar-refractivity contribution in [3.8, 4) is 0 Å². The molecule has 0 heterocycles. The highest BCUT2D eigenvalue weighted by molar-refractivity contribution is 5.98. The van der Waals surface area contributed by atoms with Crippen LogP contribution in [0.1, 0.15) is 80.7 Å². The Morgan fingerprint density at radius 3 is 2.00 bits per heavy atom. The Hall–Kier alpha value is -1.38. The minimum atomic E-state index is 0.0656. The summed E-state index contributed by atoms with van der Waals surface area (Å²) in [4.78, 5) is 0. The van der Waals surface area contributed by atoms with Crippen LogP contribution in [-0.4, -0.2) is 10.5 Å². The van der Waals surface area contributed by atoms with Gasteiger partial charge in [-0.2, -0.15) is 0 Å². The summed E-state index contributed by atoms with van der Waals surface area (Å²) >= 11 is 0. The summed E-state index contributed by atoms with van der Waals surface area (Å²) in [6, 6.07) is 17.4. The number of hydrogen-bond donors (Lipinski definition) is 0. The number of hydrogen-bond acceptors (Lipinski definition) is 1. The molecule has 0 radical (unpaired) electrons. The fourth-order valence-electron chi connectivity index (χ4n) is 3.32. The van der Waals surface area contributed by atoms with E-state index in [0.29, 0.717) is 11.8 Å². The van der Waals surface area contributed by atoms with Crippen molar-refractivity contribution in [2.45, 2.75) is 58.5 Å². The van der Waals surface area contributed by atoms with Crippen LogP contribution < -0.4 is 0 Å². The second-order valence-electron chi connectivity index (χ2n) is 6.50. The lowest BCUT2D eigenvalue weighted by Crippen LogP contribution is -2.12. The van der Waals surface area contributed by atoms with Crippen molar-refractivity contribution in [3.05, 3.63) is 70.8 Å².